The lowest BCUT2D eigenvalue weighted by atomic mass is 10.1. The van der Waals surface area contributed by atoms with Crippen LogP contribution in [-0.4, -0.2) is 40.5 Å². The highest BCUT2D eigenvalue weighted by Crippen LogP contribution is 2.16. The Bertz CT molecular complexity index is 245. The molecule has 0 saturated heterocycles. The minimum Gasteiger partial charge on any atom is -0.480 e. The van der Waals surface area contributed by atoms with Gasteiger partial charge in [0.1, 0.15) is 6.04 Å². The second kappa shape index (κ2) is 5.33. The number of rotatable bonds is 5. The average molecular weight is 217 g/mol. The number of carboxylic acid groups (broad SMARTS) is 1. The lowest BCUT2D eigenvalue weighted by molar-refractivity contribution is -0.138. The third kappa shape index (κ3) is 3.28. The van der Waals surface area contributed by atoms with Crippen LogP contribution in [0.1, 0.15) is 12.8 Å². The van der Waals surface area contributed by atoms with E-state index in [-0.39, 0.29) is 6.04 Å². The molecule has 1 aliphatic rings. The number of carbonyl (C=O) groups is 1. The monoisotopic (exact) mass is 217 g/mol. The van der Waals surface area contributed by atoms with Crippen LogP contribution in [0, 0.1) is 0 Å². The normalized spacial score (nSPS) is 20.3. The highest BCUT2D eigenvalue weighted by atomic mass is 32.2. The second-order valence-electron chi connectivity index (χ2n) is 3.20. The second-order valence-corrected chi connectivity index (χ2v) is 4.31. The number of aliphatic imine (C=N–C) groups is 1. The Kier molecular flexibility index (Phi) is 4.37. The van der Waals surface area contributed by atoms with Crippen molar-refractivity contribution in [3.8, 4) is 0 Å². The van der Waals surface area contributed by atoms with Crippen LogP contribution in [0.3, 0.4) is 0 Å². The summed E-state index contributed by atoms with van der Waals surface area (Å²) >= 11 is 1.65. The van der Waals surface area contributed by atoms with Gasteiger partial charge in [0.2, 0.25) is 0 Å². The van der Waals surface area contributed by atoms with Crippen molar-refractivity contribution in [3.63, 3.8) is 0 Å². The number of aliphatic carboxylic acids is 1. The first-order valence-electron chi connectivity index (χ1n) is 4.52. The summed E-state index contributed by atoms with van der Waals surface area (Å²) in [5, 5.41) is 9.49. The topological polar surface area (TPSA) is 102 Å². The van der Waals surface area contributed by atoms with Gasteiger partial charge in [0, 0.05) is 12.3 Å². The van der Waals surface area contributed by atoms with Gasteiger partial charge >= 0.3 is 5.97 Å². The van der Waals surface area contributed by atoms with Gasteiger partial charge in [0.15, 0.2) is 0 Å². The number of nitrogens with two attached hydrogens (primary N) is 2. The van der Waals surface area contributed by atoms with Gasteiger partial charge in [0.05, 0.1) is 11.1 Å². The summed E-state index contributed by atoms with van der Waals surface area (Å²) in [5.74, 6) is 0.00630. The molecule has 0 amide bonds. The maximum atomic E-state index is 10.4. The molecular weight excluding hydrogens is 202 g/mol. The third-order valence-corrected chi connectivity index (χ3v) is 3.15. The van der Waals surface area contributed by atoms with Gasteiger partial charge in [-0.3, -0.25) is 9.79 Å². The van der Waals surface area contributed by atoms with Gasteiger partial charge in [0.25, 0.3) is 0 Å². The van der Waals surface area contributed by atoms with E-state index < -0.39 is 12.0 Å². The standard InChI is InChI=1S/C8H15N3O2S/c9-5(7-11-3-4-14-7)1-2-6(10)8(12)13/h5-6H,1-4,9-10H2,(H,12,13)/t5?,6-/m0/s1. The van der Waals surface area contributed by atoms with E-state index in [1.165, 1.54) is 0 Å². The summed E-state index contributed by atoms with van der Waals surface area (Å²) in [6, 6.07) is -0.957. The highest BCUT2D eigenvalue weighted by molar-refractivity contribution is 8.14. The molecule has 0 saturated carbocycles. The molecule has 5 nitrogen and oxygen atoms in total. The van der Waals surface area contributed by atoms with Gasteiger partial charge in [-0.1, -0.05) is 0 Å². The van der Waals surface area contributed by atoms with Crippen molar-refractivity contribution in [3.05, 3.63) is 0 Å². The van der Waals surface area contributed by atoms with Crippen LogP contribution in [0.2, 0.25) is 0 Å². The fourth-order valence-electron chi connectivity index (χ4n) is 1.18. The Hall–Kier alpha value is -0.590. The zero-order valence-corrected chi connectivity index (χ0v) is 8.67. The molecular formula is C8H15N3O2S. The molecule has 6 heteroatoms. The third-order valence-electron chi connectivity index (χ3n) is 2.03. The molecule has 1 heterocycles. The van der Waals surface area contributed by atoms with Gasteiger partial charge in [-0.25, -0.2) is 0 Å². The van der Waals surface area contributed by atoms with Gasteiger partial charge in [-0.2, -0.15) is 0 Å². The number of nitrogens with zero attached hydrogens (tertiary/aromatic N) is 1. The van der Waals surface area contributed by atoms with E-state index in [9.17, 15) is 4.79 Å². The van der Waals surface area contributed by atoms with Crippen LogP contribution in [0.25, 0.3) is 0 Å². The van der Waals surface area contributed by atoms with Gasteiger partial charge in [-0.05, 0) is 12.8 Å². The maximum Gasteiger partial charge on any atom is 0.320 e. The first-order valence-corrected chi connectivity index (χ1v) is 5.51. The predicted molar refractivity (Wildman–Crippen MR) is 57.6 cm³/mol. The first-order chi connectivity index (χ1) is 6.61. The summed E-state index contributed by atoms with van der Waals surface area (Å²) in [7, 11) is 0. The largest absolute Gasteiger partial charge is 0.480 e. The molecule has 0 aromatic rings. The van der Waals surface area contributed by atoms with Crippen LogP contribution in [-0.2, 0) is 4.79 Å². The Morgan fingerprint density at radius 1 is 1.57 bits per heavy atom. The van der Waals surface area contributed by atoms with Crippen molar-refractivity contribution in [2.75, 3.05) is 12.3 Å². The van der Waals surface area contributed by atoms with E-state index in [1.807, 2.05) is 0 Å². The zero-order valence-electron chi connectivity index (χ0n) is 7.85. The maximum absolute atomic E-state index is 10.4. The molecule has 1 unspecified atom stereocenters. The molecule has 0 aromatic heterocycles. The van der Waals surface area contributed by atoms with Crippen LogP contribution in [0.4, 0.5) is 0 Å². The van der Waals surface area contributed by atoms with Crippen molar-refractivity contribution >= 4 is 22.8 Å². The van der Waals surface area contributed by atoms with Crippen LogP contribution in [0.15, 0.2) is 4.99 Å². The van der Waals surface area contributed by atoms with E-state index in [0.29, 0.717) is 12.8 Å². The van der Waals surface area contributed by atoms with Crippen molar-refractivity contribution in [1.29, 1.82) is 0 Å². The minimum atomic E-state index is -0.974. The molecule has 0 aliphatic carbocycles. The highest BCUT2D eigenvalue weighted by Gasteiger charge is 2.18. The molecule has 0 radical (unpaired) electrons. The Morgan fingerprint density at radius 2 is 2.29 bits per heavy atom. The Balaban J connectivity index is 2.27. The summed E-state index contributed by atoms with van der Waals surface area (Å²) in [4.78, 5) is 14.7. The number of hydrogen-bond acceptors (Lipinski definition) is 5. The summed E-state index contributed by atoms with van der Waals surface area (Å²) < 4.78 is 0. The molecule has 1 rings (SSSR count). The minimum absolute atomic E-state index is 0.145. The number of thioether (sulfide) groups is 1. The van der Waals surface area contributed by atoms with Crippen LogP contribution >= 0.6 is 11.8 Å². The lowest BCUT2D eigenvalue weighted by Gasteiger charge is -2.12. The SMILES string of the molecule is NC(CC[C@H](N)C(=O)O)C1=NCCS1. The van der Waals surface area contributed by atoms with Crippen molar-refractivity contribution < 1.29 is 9.90 Å². The molecule has 80 valence electrons. The van der Waals surface area contributed by atoms with Crippen LogP contribution in [0.5, 0.6) is 0 Å². The summed E-state index contributed by atoms with van der Waals surface area (Å²) in [6.45, 7) is 0.818. The van der Waals surface area contributed by atoms with Gasteiger partial charge in [-0.15, -0.1) is 11.8 Å². The van der Waals surface area contributed by atoms with Crippen molar-refractivity contribution in [2.45, 2.75) is 24.9 Å². The molecule has 0 aromatic carbocycles. The molecule has 5 N–H and O–H groups in total. The zero-order chi connectivity index (χ0) is 10.6. The lowest BCUT2D eigenvalue weighted by Crippen LogP contribution is -2.34. The van der Waals surface area contributed by atoms with E-state index in [1.54, 1.807) is 11.8 Å². The number of hydrogen-bond donors (Lipinski definition) is 3. The fraction of sp³-hybridized carbons (Fsp3) is 0.750. The molecule has 14 heavy (non-hydrogen) atoms. The van der Waals surface area contributed by atoms with Crippen LogP contribution < -0.4 is 11.5 Å². The van der Waals surface area contributed by atoms with Crippen molar-refractivity contribution in [1.82, 2.24) is 0 Å². The van der Waals surface area contributed by atoms with Crippen molar-refractivity contribution in [2.24, 2.45) is 16.5 Å². The molecule has 0 bridgehead atoms. The fourth-order valence-corrected chi connectivity index (χ4v) is 2.09. The summed E-state index contributed by atoms with van der Waals surface area (Å²) in [5.41, 5.74) is 11.2. The van der Waals surface area contributed by atoms with E-state index in [0.717, 1.165) is 17.3 Å². The summed E-state index contributed by atoms with van der Waals surface area (Å²) in [6.07, 6.45) is 0.982. The molecule has 2 atom stereocenters. The first kappa shape index (κ1) is 11.5. The average Bonchev–Trinajstić information content (AvgIpc) is 2.66. The molecule has 1 aliphatic heterocycles. The number of carboxylic acids is 1. The quantitative estimate of drug-likeness (QED) is 0.584. The van der Waals surface area contributed by atoms with E-state index >= 15 is 0 Å². The predicted octanol–water partition coefficient (Wildman–Crippen LogP) is -0.349. The Labute approximate surface area is 86.9 Å². The van der Waals surface area contributed by atoms with E-state index in [4.69, 9.17) is 16.6 Å². The van der Waals surface area contributed by atoms with E-state index in [2.05, 4.69) is 4.99 Å². The molecule has 0 spiro atoms. The smallest absolute Gasteiger partial charge is 0.320 e. The Morgan fingerprint density at radius 3 is 2.79 bits per heavy atom. The van der Waals surface area contributed by atoms with Gasteiger partial charge < -0.3 is 16.6 Å². The molecule has 0 fully saturated rings.